The van der Waals surface area contributed by atoms with Crippen molar-refractivity contribution in [2.75, 3.05) is 11.9 Å². The normalized spacial score (nSPS) is 11.9. The SMILES string of the molecule is O=S(=O)(NCCCc1c[nH]c2ccc(Cl)cc12)c1ccc(CCCBr)cc1. The van der Waals surface area contributed by atoms with E-state index in [0.29, 0.717) is 22.9 Å². The summed E-state index contributed by atoms with van der Waals surface area (Å²) in [6.45, 7) is 0.390. The molecule has 144 valence electrons. The van der Waals surface area contributed by atoms with Crippen molar-refractivity contribution in [1.82, 2.24) is 9.71 Å². The van der Waals surface area contributed by atoms with E-state index in [1.54, 1.807) is 12.1 Å². The van der Waals surface area contributed by atoms with Crippen LogP contribution in [0.15, 0.2) is 53.6 Å². The zero-order chi connectivity index (χ0) is 19.3. The second kappa shape index (κ2) is 9.24. The Hall–Kier alpha value is -1.34. The quantitative estimate of drug-likeness (QED) is 0.340. The van der Waals surface area contributed by atoms with Gasteiger partial charge in [0.15, 0.2) is 0 Å². The molecule has 0 saturated heterocycles. The Labute approximate surface area is 173 Å². The van der Waals surface area contributed by atoms with E-state index in [9.17, 15) is 8.42 Å². The van der Waals surface area contributed by atoms with Crippen LogP contribution in [0, 0.1) is 0 Å². The summed E-state index contributed by atoms with van der Waals surface area (Å²) in [6.07, 6.45) is 5.41. The minimum Gasteiger partial charge on any atom is -0.361 e. The molecule has 2 aromatic carbocycles. The van der Waals surface area contributed by atoms with Crippen LogP contribution in [0.1, 0.15) is 24.0 Å². The molecular weight excluding hydrogens is 448 g/mol. The maximum Gasteiger partial charge on any atom is 0.240 e. The second-order valence-corrected chi connectivity index (χ2v) is 9.44. The van der Waals surface area contributed by atoms with Crippen molar-refractivity contribution >= 4 is 48.5 Å². The number of alkyl halides is 1. The molecule has 3 aromatic rings. The predicted molar refractivity (Wildman–Crippen MR) is 115 cm³/mol. The summed E-state index contributed by atoms with van der Waals surface area (Å²) in [5, 5.41) is 2.73. The van der Waals surface area contributed by atoms with Crippen LogP contribution < -0.4 is 4.72 Å². The molecular formula is C20H22BrClN2O2S. The van der Waals surface area contributed by atoms with Crippen LogP contribution in [0.25, 0.3) is 10.9 Å². The van der Waals surface area contributed by atoms with Gasteiger partial charge >= 0.3 is 0 Å². The molecule has 0 aliphatic carbocycles. The first-order valence-electron chi connectivity index (χ1n) is 8.90. The van der Waals surface area contributed by atoms with Crippen molar-refractivity contribution in [3.8, 4) is 0 Å². The summed E-state index contributed by atoms with van der Waals surface area (Å²) >= 11 is 9.47. The molecule has 27 heavy (non-hydrogen) atoms. The van der Waals surface area contributed by atoms with Gasteiger partial charge in [0.25, 0.3) is 0 Å². The number of H-pyrrole nitrogens is 1. The van der Waals surface area contributed by atoms with Gasteiger partial charge in [0.2, 0.25) is 10.0 Å². The Morgan fingerprint density at radius 3 is 2.56 bits per heavy atom. The summed E-state index contributed by atoms with van der Waals surface area (Å²) in [6, 6.07) is 12.8. The van der Waals surface area contributed by atoms with Gasteiger partial charge in [0, 0.05) is 34.0 Å². The first kappa shape index (κ1) is 20.4. The monoisotopic (exact) mass is 468 g/mol. The van der Waals surface area contributed by atoms with Gasteiger partial charge in [-0.2, -0.15) is 0 Å². The molecule has 3 rings (SSSR count). The molecule has 0 fully saturated rings. The highest BCUT2D eigenvalue weighted by Gasteiger charge is 2.13. The summed E-state index contributed by atoms with van der Waals surface area (Å²) < 4.78 is 27.6. The number of hydrogen-bond donors (Lipinski definition) is 2. The van der Waals surface area contributed by atoms with Gasteiger partial charge < -0.3 is 4.98 Å². The molecule has 0 saturated carbocycles. The highest BCUT2D eigenvalue weighted by Crippen LogP contribution is 2.23. The number of hydrogen-bond acceptors (Lipinski definition) is 2. The lowest BCUT2D eigenvalue weighted by Gasteiger charge is -2.08. The van der Waals surface area contributed by atoms with E-state index < -0.39 is 10.0 Å². The van der Waals surface area contributed by atoms with Gasteiger partial charge in [-0.3, -0.25) is 0 Å². The Bertz CT molecular complexity index is 1000. The van der Waals surface area contributed by atoms with Crippen LogP contribution in [0.2, 0.25) is 5.02 Å². The Morgan fingerprint density at radius 2 is 1.81 bits per heavy atom. The van der Waals surface area contributed by atoms with Crippen LogP contribution in [0.4, 0.5) is 0 Å². The molecule has 1 aromatic heterocycles. The highest BCUT2D eigenvalue weighted by molar-refractivity contribution is 9.09. The predicted octanol–water partition coefficient (Wildman–Crippen LogP) is 5.06. The third-order valence-electron chi connectivity index (χ3n) is 4.48. The summed E-state index contributed by atoms with van der Waals surface area (Å²) in [5.41, 5.74) is 3.32. The number of aromatic nitrogens is 1. The van der Waals surface area contributed by atoms with Gasteiger partial charge in [-0.25, -0.2) is 13.1 Å². The Kier molecular flexibility index (Phi) is 6.98. The van der Waals surface area contributed by atoms with Crippen LogP contribution >= 0.6 is 27.5 Å². The fourth-order valence-corrected chi connectivity index (χ4v) is 4.56. The first-order chi connectivity index (χ1) is 13.0. The van der Waals surface area contributed by atoms with Gasteiger partial charge in [0.05, 0.1) is 4.90 Å². The number of aromatic amines is 1. The van der Waals surface area contributed by atoms with E-state index in [1.165, 1.54) is 0 Å². The maximum absolute atomic E-state index is 12.4. The van der Waals surface area contributed by atoms with Crippen molar-refractivity contribution in [3.63, 3.8) is 0 Å². The number of rotatable bonds is 9. The number of sulfonamides is 1. The van der Waals surface area contributed by atoms with Crippen molar-refractivity contribution in [2.45, 2.75) is 30.6 Å². The minimum atomic E-state index is -3.48. The fraction of sp³-hybridized carbons (Fsp3) is 0.300. The van der Waals surface area contributed by atoms with E-state index in [1.807, 2.05) is 36.5 Å². The number of aryl methyl sites for hydroxylation is 2. The molecule has 2 N–H and O–H groups in total. The van der Waals surface area contributed by atoms with E-state index in [-0.39, 0.29) is 0 Å². The molecule has 1 heterocycles. The number of fused-ring (bicyclic) bond motifs is 1. The molecule has 0 spiro atoms. The molecule has 7 heteroatoms. The average Bonchev–Trinajstić information content (AvgIpc) is 3.06. The molecule has 0 bridgehead atoms. The Morgan fingerprint density at radius 1 is 1.04 bits per heavy atom. The van der Waals surface area contributed by atoms with Gasteiger partial charge in [-0.05, 0) is 67.1 Å². The summed E-state index contributed by atoms with van der Waals surface area (Å²) in [5.74, 6) is 0. The standard InChI is InChI=1S/C20H22BrClN2O2S/c21-11-1-3-15-5-8-18(9-6-15)27(25,26)24-12-2-4-16-14-23-20-10-7-17(22)13-19(16)20/h5-10,13-14,23-24H,1-4,11-12H2. The molecule has 0 unspecified atom stereocenters. The van der Waals surface area contributed by atoms with Crippen LogP contribution in [0.3, 0.4) is 0 Å². The van der Waals surface area contributed by atoms with E-state index in [0.717, 1.165) is 46.6 Å². The van der Waals surface area contributed by atoms with Crippen LogP contribution in [0.5, 0.6) is 0 Å². The van der Waals surface area contributed by atoms with Crippen molar-refractivity contribution < 1.29 is 8.42 Å². The van der Waals surface area contributed by atoms with Gasteiger partial charge in [0.1, 0.15) is 0 Å². The van der Waals surface area contributed by atoms with Crippen molar-refractivity contribution in [2.24, 2.45) is 0 Å². The second-order valence-electron chi connectivity index (χ2n) is 6.44. The zero-order valence-electron chi connectivity index (χ0n) is 14.8. The van der Waals surface area contributed by atoms with Crippen molar-refractivity contribution in [1.29, 1.82) is 0 Å². The average molecular weight is 470 g/mol. The van der Waals surface area contributed by atoms with E-state index in [2.05, 4.69) is 25.6 Å². The zero-order valence-corrected chi connectivity index (χ0v) is 18.0. The lowest BCUT2D eigenvalue weighted by molar-refractivity contribution is 0.579. The number of halogens is 2. The topological polar surface area (TPSA) is 62.0 Å². The third-order valence-corrected chi connectivity index (χ3v) is 6.75. The summed E-state index contributed by atoms with van der Waals surface area (Å²) in [4.78, 5) is 3.53. The van der Waals surface area contributed by atoms with E-state index in [4.69, 9.17) is 11.6 Å². The van der Waals surface area contributed by atoms with Gasteiger partial charge in [-0.15, -0.1) is 0 Å². The first-order valence-corrected chi connectivity index (χ1v) is 11.9. The van der Waals surface area contributed by atoms with Crippen LogP contribution in [-0.2, 0) is 22.9 Å². The smallest absolute Gasteiger partial charge is 0.240 e. The molecule has 0 radical (unpaired) electrons. The molecule has 0 amide bonds. The van der Waals surface area contributed by atoms with Gasteiger partial charge in [-0.1, -0.05) is 39.7 Å². The molecule has 4 nitrogen and oxygen atoms in total. The third kappa shape index (κ3) is 5.35. The lowest BCUT2D eigenvalue weighted by Crippen LogP contribution is -2.25. The summed E-state index contributed by atoms with van der Waals surface area (Å²) in [7, 11) is -3.48. The highest BCUT2D eigenvalue weighted by atomic mass is 79.9. The molecule has 0 aliphatic heterocycles. The van der Waals surface area contributed by atoms with Crippen molar-refractivity contribution in [3.05, 3.63) is 64.8 Å². The lowest BCUT2D eigenvalue weighted by atomic mass is 10.1. The molecule has 0 aliphatic rings. The fourth-order valence-electron chi connectivity index (χ4n) is 3.03. The minimum absolute atomic E-state index is 0.309. The van der Waals surface area contributed by atoms with E-state index >= 15 is 0 Å². The number of benzene rings is 2. The Balaban J connectivity index is 1.55. The molecule has 0 atom stereocenters. The largest absolute Gasteiger partial charge is 0.361 e. The number of nitrogens with one attached hydrogen (secondary N) is 2. The van der Waals surface area contributed by atoms with Crippen LogP contribution in [-0.4, -0.2) is 25.3 Å². The maximum atomic E-state index is 12.4.